The molecule has 7 nitrogen and oxygen atoms in total. The number of furan rings is 1. The summed E-state index contributed by atoms with van der Waals surface area (Å²) in [7, 11) is 5.74. The summed E-state index contributed by atoms with van der Waals surface area (Å²) < 4.78 is 11.2. The maximum absolute atomic E-state index is 13.3. The molecule has 0 spiro atoms. The Morgan fingerprint density at radius 3 is 2.28 bits per heavy atom. The Kier molecular flexibility index (Phi) is 9.60. The van der Waals surface area contributed by atoms with Gasteiger partial charge in [0.05, 0.1) is 13.1 Å². The lowest BCUT2D eigenvalue weighted by atomic mass is 9.87. The first-order chi connectivity index (χ1) is 17.4. The second kappa shape index (κ2) is 12.9. The molecule has 0 bridgehead atoms. The third-order valence-electron chi connectivity index (χ3n) is 7.20. The predicted molar refractivity (Wildman–Crippen MR) is 143 cm³/mol. The molecule has 0 radical (unpaired) electrons. The molecule has 2 aromatic rings. The van der Waals surface area contributed by atoms with E-state index in [1.165, 1.54) is 0 Å². The van der Waals surface area contributed by atoms with E-state index < -0.39 is 0 Å². The molecule has 2 fully saturated rings. The van der Waals surface area contributed by atoms with Crippen LogP contribution in [0.1, 0.15) is 42.8 Å². The van der Waals surface area contributed by atoms with Crippen LogP contribution in [0.3, 0.4) is 0 Å². The van der Waals surface area contributed by atoms with E-state index in [-0.39, 0.29) is 5.92 Å². The van der Waals surface area contributed by atoms with E-state index in [2.05, 4.69) is 26.8 Å². The third-order valence-corrected chi connectivity index (χ3v) is 7.45. The van der Waals surface area contributed by atoms with Gasteiger partial charge >= 0.3 is 0 Å². The van der Waals surface area contributed by atoms with Gasteiger partial charge in [-0.05, 0) is 82.7 Å². The van der Waals surface area contributed by atoms with Gasteiger partial charge in [-0.15, -0.1) is 0 Å². The van der Waals surface area contributed by atoms with Crippen molar-refractivity contribution in [1.82, 2.24) is 14.7 Å². The summed E-state index contributed by atoms with van der Waals surface area (Å²) in [6, 6.07) is 12.0. The Bertz CT molecular complexity index is 1000. The number of amides is 1. The molecule has 0 saturated carbocycles. The second-order valence-electron chi connectivity index (χ2n) is 10.2. The molecule has 4 rings (SSSR count). The van der Waals surface area contributed by atoms with Gasteiger partial charge in [0.15, 0.2) is 0 Å². The van der Waals surface area contributed by atoms with Crippen molar-refractivity contribution in [1.29, 1.82) is 0 Å². The molecule has 2 aliphatic heterocycles. The molecule has 36 heavy (non-hydrogen) atoms. The normalized spacial score (nSPS) is 18.8. The van der Waals surface area contributed by atoms with Gasteiger partial charge in [-0.25, -0.2) is 0 Å². The minimum Gasteiger partial charge on any atom is -0.463 e. The molecule has 8 heteroatoms. The monoisotopic (exact) mass is 514 g/mol. The smallest absolute Gasteiger partial charge is 0.225 e. The number of benzene rings is 1. The lowest BCUT2D eigenvalue weighted by Gasteiger charge is -2.37. The van der Waals surface area contributed by atoms with Crippen LogP contribution in [0.5, 0.6) is 0 Å². The summed E-state index contributed by atoms with van der Waals surface area (Å²) in [5.41, 5.74) is 2.14. The number of hydrogen-bond donors (Lipinski definition) is 0. The molecule has 0 aliphatic carbocycles. The van der Waals surface area contributed by atoms with Gasteiger partial charge in [-0.3, -0.25) is 14.7 Å². The number of carbonyl (C=O) groups excluding carboxylic acids is 1. The van der Waals surface area contributed by atoms with Crippen molar-refractivity contribution in [2.24, 2.45) is 16.8 Å². The fourth-order valence-electron chi connectivity index (χ4n) is 5.30. The Morgan fingerprint density at radius 2 is 1.64 bits per heavy atom. The zero-order chi connectivity index (χ0) is 25.5. The Hall–Kier alpha value is -2.19. The van der Waals surface area contributed by atoms with E-state index >= 15 is 0 Å². The van der Waals surface area contributed by atoms with Crippen LogP contribution in [0.25, 0.3) is 0 Å². The van der Waals surface area contributed by atoms with Crippen molar-refractivity contribution in [3.8, 4) is 0 Å². The zero-order valence-electron chi connectivity index (χ0n) is 21.8. The first-order valence-corrected chi connectivity index (χ1v) is 13.3. The SMILES string of the molecule is COCN=C(c1ccc(Cl)cc1)C1CCN(C(=O)C2CCN(Cc3ccc(CN(C)C)o3)CC2)CC1. The Morgan fingerprint density at radius 1 is 1.00 bits per heavy atom. The summed E-state index contributed by atoms with van der Waals surface area (Å²) in [4.78, 5) is 24.6. The minimum absolute atomic E-state index is 0.122. The molecule has 0 atom stereocenters. The molecule has 1 aromatic carbocycles. The number of likely N-dealkylation sites (tertiary alicyclic amines) is 2. The zero-order valence-corrected chi connectivity index (χ0v) is 22.5. The predicted octanol–water partition coefficient (Wildman–Crippen LogP) is 4.54. The first kappa shape index (κ1) is 26.9. The maximum Gasteiger partial charge on any atom is 0.225 e. The van der Waals surface area contributed by atoms with Crippen LogP contribution in [-0.2, 0) is 22.6 Å². The van der Waals surface area contributed by atoms with Crippen LogP contribution in [0.4, 0.5) is 0 Å². The van der Waals surface area contributed by atoms with Gasteiger partial charge in [-0.1, -0.05) is 23.7 Å². The van der Waals surface area contributed by atoms with Crippen LogP contribution in [0.2, 0.25) is 5.02 Å². The van der Waals surface area contributed by atoms with Crippen molar-refractivity contribution in [2.75, 3.05) is 54.1 Å². The third kappa shape index (κ3) is 7.19. The fraction of sp³-hybridized carbons (Fsp3) is 0.571. The first-order valence-electron chi connectivity index (χ1n) is 13.0. The second-order valence-corrected chi connectivity index (χ2v) is 10.7. The van der Waals surface area contributed by atoms with Gasteiger partial charge in [0, 0.05) is 42.8 Å². The molecular weight excluding hydrogens is 476 g/mol. The number of nitrogens with zero attached hydrogens (tertiary/aromatic N) is 4. The largest absolute Gasteiger partial charge is 0.463 e. The number of methoxy groups -OCH3 is 1. The van der Waals surface area contributed by atoms with Crippen molar-refractivity contribution in [3.63, 3.8) is 0 Å². The van der Waals surface area contributed by atoms with E-state index in [1.807, 2.05) is 38.4 Å². The van der Waals surface area contributed by atoms with Crippen molar-refractivity contribution in [2.45, 2.75) is 38.8 Å². The van der Waals surface area contributed by atoms with E-state index in [0.717, 1.165) is 92.8 Å². The Balaban J connectivity index is 1.26. The van der Waals surface area contributed by atoms with Crippen LogP contribution in [0.15, 0.2) is 45.8 Å². The number of piperidine rings is 2. The number of aliphatic imine (C=N–C) groups is 1. The highest BCUT2D eigenvalue weighted by Gasteiger charge is 2.32. The minimum atomic E-state index is 0.122. The molecule has 196 valence electrons. The number of ether oxygens (including phenoxy) is 1. The highest BCUT2D eigenvalue weighted by molar-refractivity contribution is 6.30. The lowest BCUT2D eigenvalue weighted by molar-refractivity contribution is -0.138. The highest BCUT2D eigenvalue weighted by atomic mass is 35.5. The summed E-state index contributed by atoms with van der Waals surface area (Å²) in [6.45, 7) is 5.39. The molecule has 1 aromatic heterocycles. The molecule has 2 aliphatic rings. The summed E-state index contributed by atoms with van der Waals surface area (Å²) in [5.74, 6) is 2.76. The average Bonchev–Trinajstić information content (AvgIpc) is 3.31. The summed E-state index contributed by atoms with van der Waals surface area (Å²) in [5, 5.41) is 0.717. The number of halogens is 1. The molecule has 0 N–H and O–H groups in total. The van der Waals surface area contributed by atoms with E-state index in [1.54, 1.807) is 7.11 Å². The van der Waals surface area contributed by atoms with E-state index in [0.29, 0.717) is 18.6 Å². The van der Waals surface area contributed by atoms with Gasteiger partial charge < -0.3 is 19.0 Å². The van der Waals surface area contributed by atoms with Crippen molar-refractivity contribution in [3.05, 3.63) is 58.5 Å². The topological polar surface area (TPSA) is 61.5 Å². The van der Waals surface area contributed by atoms with Gasteiger partial charge in [0.25, 0.3) is 0 Å². The van der Waals surface area contributed by atoms with Crippen LogP contribution >= 0.6 is 11.6 Å². The number of carbonyl (C=O) groups is 1. The van der Waals surface area contributed by atoms with Crippen LogP contribution < -0.4 is 0 Å². The van der Waals surface area contributed by atoms with Gasteiger partial charge in [0.2, 0.25) is 5.91 Å². The number of hydrogen-bond acceptors (Lipinski definition) is 6. The number of rotatable bonds is 9. The fourth-order valence-corrected chi connectivity index (χ4v) is 5.43. The van der Waals surface area contributed by atoms with Crippen LogP contribution in [0, 0.1) is 11.8 Å². The van der Waals surface area contributed by atoms with Crippen LogP contribution in [-0.4, -0.2) is 80.4 Å². The summed E-state index contributed by atoms with van der Waals surface area (Å²) >= 11 is 6.08. The van der Waals surface area contributed by atoms with E-state index in [4.69, 9.17) is 25.7 Å². The molecule has 2 saturated heterocycles. The van der Waals surface area contributed by atoms with E-state index in [9.17, 15) is 4.79 Å². The highest BCUT2D eigenvalue weighted by Crippen LogP contribution is 2.27. The standard InChI is InChI=1S/C28H39ClN4O3/c1-31(2)18-25-8-9-26(36-25)19-32-14-10-23(11-15-32)28(34)33-16-12-22(13-17-33)27(30-20-35-3)21-4-6-24(29)7-5-21/h4-9,22-23H,10-20H2,1-3H3. The maximum atomic E-state index is 13.3. The quantitative estimate of drug-likeness (QED) is 0.460. The molecule has 1 amide bonds. The lowest BCUT2D eigenvalue weighted by Crippen LogP contribution is -2.46. The van der Waals surface area contributed by atoms with Crippen molar-refractivity contribution < 1.29 is 13.9 Å². The van der Waals surface area contributed by atoms with Gasteiger partial charge in [0.1, 0.15) is 18.3 Å². The van der Waals surface area contributed by atoms with Gasteiger partial charge in [-0.2, -0.15) is 0 Å². The Labute approximate surface area is 220 Å². The molecule has 0 unspecified atom stereocenters. The molecular formula is C28H39ClN4O3. The summed E-state index contributed by atoms with van der Waals surface area (Å²) in [6.07, 6.45) is 3.66. The average molecular weight is 515 g/mol. The van der Waals surface area contributed by atoms with Crippen molar-refractivity contribution >= 4 is 23.2 Å². The molecule has 3 heterocycles.